The van der Waals surface area contributed by atoms with Crippen LogP contribution in [0.3, 0.4) is 0 Å². The van der Waals surface area contributed by atoms with Crippen molar-refractivity contribution in [2.45, 2.75) is 11.1 Å². The van der Waals surface area contributed by atoms with Gasteiger partial charge >= 0.3 is 6.18 Å². The van der Waals surface area contributed by atoms with Crippen molar-refractivity contribution in [3.63, 3.8) is 0 Å². The molecule has 0 unspecified atom stereocenters. The Morgan fingerprint density at radius 2 is 1.66 bits per heavy atom. The van der Waals surface area contributed by atoms with E-state index in [-0.39, 0.29) is 27.3 Å². The first-order chi connectivity index (χ1) is 16.4. The third kappa shape index (κ3) is 4.66. The number of hydrogen-bond acceptors (Lipinski definition) is 6. The quantitative estimate of drug-likeness (QED) is 0.260. The largest absolute Gasteiger partial charge is 0.416 e. The Morgan fingerprint density at radius 1 is 1.00 bits per heavy atom. The second kappa shape index (κ2) is 8.64. The van der Waals surface area contributed by atoms with E-state index >= 15 is 0 Å². The zero-order valence-electron chi connectivity index (χ0n) is 18.0. The Kier molecular flexibility index (Phi) is 5.95. The summed E-state index contributed by atoms with van der Waals surface area (Å²) in [7, 11) is -3.49. The van der Waals surface area contributed by atoms with Crippen molar-refractivity contribution < 1.29 is 26.4 Å². The standard InChI is InChI=1S/C23H17F3N4O4S/c1-35(33,34)17-11-9-15(10-12-17)30(27)22(32)20-21(31)29(19-8-3-2-7-18(19)28-20)16-6-4-5-14(13-16)23(24,25)26/h2-13H,27H2,1H3. The number of carbonyl (C=O) groups excluding carboxylic acids is 1. The molecule has 35 heavy (non-hydrogen) atoms. The summed E-state index contributed by atoms with van der Waals surface area (Å²) in [4.78, 5) is 30.6. The Morgan fingerprint density at radius 3 is 2.29 bits per heavy atom. The van der Waals surface area contributed by atoms with Crippen LogP contribution in [0.25, 0.3) is 16.7 Å². The summed E-state index contributed by atoms with van der Waals surface area (Å²) >= 11 is 0. The Bertz CT molecular complexity index is 1610. The van der Waals surface area contributed by atoms with Crippen molar-refractivity contribution in [3.05, 3.63) is 94.4 Å². The average molecular weight is 502 g/mol. The van der Waals surface area contributed by atoms with Gasteiger partial charge in [-0.15, -0.1) is 0 Å². The van der Waals surface area contributed by atoms with Crippen molar-refractivity contribution in [2.24, 2.45) is 5.84 Å². The molecule has 4 aromatic rings. The van der Waals surface area contributed by atoms with E-state index in [1.165, 1.54) is 42.5 Å². The maximum Gasteiger partial charge on any atom is 0.416 e. The minimum Gasteiger partial charge on any atom is -0.273 e. The number of alkyl halides is 3. The summed E-state index contributed by atoms with van der Waals surface area (Å²) in [5, 5.41) is 0.612. The van der Waals surface area contributed by atoms with Gasteiger partial charge in [-0.05, 0) is 54.6 Å². The molecule has 3 aromatic carbocycles. The summed E-state index contributed by atoms with van der Waals surface area (Å²) in [5.74, 6) is 4.88. The van der Waals surface area contributed by atoms with E-state index in [9.17, 15) is 31.2 Å². The van der Waals surface area contributed by atoms with Crippen LogP contribution in [0.4, 0.5) is 18.9 Å². The van der Waals surface area contributed by atoms with E-state index in [1.807, 2.05) is 0 Å². The smallest absolute Gasteiger partial charge is 0.273 e. The molecule has 0 aliphatic heterocycles. The van der Waals surface area contributed by atoms with Crippen LogP contribution in [0.2, 0.25) is 0 Å². The number of para-hydroxylation sites is 2. The topological polar surface area (TPSA) is 115 Å². The van der Waals surface area contributed by atoms with Gasteiger partial charge in [0.2, 0.25) is 0 Å². The lowest BCUT2D eigenvalue weighted by Crippen LogP contribution is -2.42. The Balaban J connectivity index is 1.86. The number of carbonyl (C=O) groups is 1. The fourth-order valence-corrected chi connectivity index (χ4v) is 4.06. The van der Waals surface area contributed by atoms with Gasteiger partial charge in [0.1, 0.15) is 0 Å². The molecule has 180 valence electrons. The van der Waals surface area contributed by atoms with Crippen LogP contribution < -0.4 is 16.4 Å². The highest BCUT2D eigenvalue weighted by molar-refractivity contribution is 7.90. The predicted molar refractivity (Wildman–Crippen MR) is 123 cm³/mol. The highest BCUT2D eigenvalue weighted by Gasteiger charge is 2.31. The van der Waals surface area contributed by atoms with Crippen molar-refractivity contribution in [1.29, 1.82) is 0 Å². The summed E-state index contributed by atoms with van der Waals surface area (Å²) in [6, 6.07) is 15.3. The van der Waals surface area contributed by atoms with Gasteiger partial charge in [0.15, 0.2) is 15.5 Å². The van der Waals surface area contributed by atoms with Gasteiger partial charge in [0.25, 0.3) is 11.5 Å². The number of nitrogens with zero attached hydrogens (tertiary/aromatic N) is 3. The van der Waals surface area contributed by atoms with Crippen LogP contribution in [-0.4, -0.2) is 30.1 Å². The van der Waals surface area contributed by atoms with E-state index in [2.05, 4.69) is 4.98 Å². The lowest BCUT2D eigenvalue weighted by atomic mass is 10.1. The summed E-state index contributed by atoms with van der Waals surface area (Å²) in [6.45, 7) is 0. The van der Waals surface area contributed by atoms with Gasteiger partial charge in [0, 0.05) is 11.9 Å². The molecule has 1 heterocycles. The van der Waals surface area contributed by atoms with Crippen LogP contribution >= 0.6 is 0 Å². The summed E-state index contributed by atoms with van der Waals surface area (Å²) in [5.41, 5.74) is -2.25. The van der Waals surface area contributed by atoms with E-state index in [4.69, 9.17) is 5.84 Å². The zero-order chi connectivity index (χ0) is 25.5. The van der Waals surface area contributed by atoms with Crippen molar-refractivity contribution in [2.75, 3.05) is 11.3 Å². The number of hydrazine groups is 1. The SMILES string of the molecule is CS(=O)(=O)c1ccc(N(N)C(=O)c2nc3ccccc3n(-c3cccc(C(F)(F)F)c3)c2=O)cc1. The number of aromatic nitrogens is 2. The third-order valence-corrected chi connectivity index (χ3v) is 6.29. The summed E-state index contributed by atoms with van der Waals surface area (Å²) in [6.07, 6.45) is -3.63. The number of hydrogen-bond donors (Lipinski definition) is 1. The number of sulfone groups is 1. The van der Waals surface area contributed by atoms with Crippen LogP contribution in [-0.2, 0) is 16.0 Å². The van der Waals surface area contributed by atoms with Gasteiger partial charge in [-0.3, -0.25) is 14.2 Å². The lowest BCUT2D eigenvalue weighted by molar-refractivity contribution is -0.137. The minimum atomic E-state index is -4.65. The number of halogens is 3. The van der Waals surface area contributed by atoms with Gasteiger partial charge in [0.05, 0.1) is 27.2 Å². The molecule has 1 aromatic heterocycles. The number of rotatable bonds is 4. The van der Waals surface area contributed by atoms with Gasteiger partial charge < -0.3 is 0 Å². The highest BCUT2D eigenvalue weighted by atomic mass is 32.2. The van der Waals surface area contributed by atoms with Crippen molar-refractivity contribution in [3.8, 4) is 5.69 Å². The number of amides is 1. The molecular formula is C23H17F3N4O4S. The second-order valence-electron chi connectivity index (χ2n) is 7.58. The van der Waals surface area contributed by atoms with Crippen LogP contribution in [0.5, 0.6) is 0 Å². The van der Waals surface area contributed by atoms with Gasteiger partial charge in [-0.25, -0.2) is 24.3 Å². The second-order valence-corrected chi connectivity index (χ2v) is 9.59. The molecule has 0 aliphatic rings. The van der Waals surface area contributed by atoms with Crippen molar-refractivity contribution in [1.82, 2.24) is 9.55 Å². The molecule has 0 saturated heterocycles. The monoisotopic (exact) mass is 502 g/mol. The number of nitrogens with two attached hydrogens (primary N) is 1. The van der Waals surface area contributed by atoms with Crippen LogP contribution in [0.1, 0.15) is 16.1 Å². The van der Waals surface area contributed by atoms with E-state index in [0.717, 1.165) is 29.0 Å². The van der Waals surface area contributed by atoms with Crippen LogP contribution in [0, 0.1) is 0 Å². The first-order valence-electron chi connectivity index (χ1n) is 9.96. The van der Waals surface area contributed by atoms with Crippen LogP contribution in [0.15, 0.2) is 82.5 Å². The molecule has 4 rings (SSSR count). The molecule has 1 amide bonds. The summed E-state index contributed by atoms with van der Waals surface area (Å²) < 4.78 is 64.1. The Hall–Kier alpha value is -4.03. The van der Waals surface area contributed by atoms with E-state index < -0.39 is 38.7 Å². The molecule has 0 saturated carbocycles. The maximum absolute atomic E-state index is 13.3. The fraction of sp³-hybridized carbons (Fsp3) is 0.0870. The van der Waals surface area contributed by atoms with E-state index in [0.29, 0.717) is 5.01 Å². The molecule has 0 atom stereocenters. The first-order valence-corrected chi connectivity index (χ1v) is 11.9. The molecule has 0 fully saturated rings. The maximum atomic E-state index is 13.3. The number of fused-ring (bicyclic) bond motifs is 1. The molecule has 0 radical (unpaired) electrons. The number of anilines is 1. The first kappa shape index (κ1) is 24.1. The predicted octanol–water partition coefficient (Wildman–Crippen LogP) is 3.33. The third-order valence-electron chi connectivity index (χ3n) is 5.16. The lowest BCUT2D eigenvalue weighted by Gasteiger charge is -2.18. The van der Waals surface area contributed by atoms with Gasteiger partial charge in [-0.1, -0.05) is 18.2 Å². The molecule has 12 heteroatoms. The average Bonchev–Trinajstić information content (AvgIpc) is 2.82. The molecule has 2 N–H and O–H groups in total. The Labute approximate surface area is 196 Å². The molecular weight excluding hydrogens is 485 g/mol. The molecule has 0 bridgehead atoms. The zero-order valence-corrected chi connectivity index (χ0v) is 18.8. The fourth-order valence-electron chi connectivity index (χ4n) is 3.43. The molecule has 0 aliphatic carbocycles. The molecule has 0 spiro atoms. The van der Waals surface area contributed by atoms with Crippen molar-refractivity contribution >= 4 is 32.5 Å². The van der Waals surface area contributed by atoms with E-state index in [1.54, 1.807) is 12.1 Å². The highest BCUT2D eigenvalue weighted by Crippen LogP contribution is 2.30. The normalized spacial score (nSPS) is 12.0. The van der Waals surface area contributed by atoms with Gasteiger partial charge in [-0.2, -0.15) is 13.2 Å². The number of benzene rings is 3. The molecule has 8 nitrogen and oxygen atoms in total. The minimum absolute atomic E-state index is 0.00201.